The van der Waals surface area contributed by atoms with E-state index in [1.165, 1.54) is 0 Å². The second-order valence-electron chi connectivity index (χ2n) is 6.69. The normalized spacial score (nSPS) is 20.3. The third-order valence-electron chi connectivity index (χ3n) is 4.69. The van der Waals surface area contributed by atoms with Gasteiger partial charge in [0.25, 0.3) is 0 Å². The van der Waals surface area contributed by atoms with Crippen LogP contribution >= 0.6 is 0 Å². The van der Waals surface area contributed by atoms with Gasteiger partial charge in [-0.1, -0.05) is 43.2 Å². The molecule has 0 unspecified atom stereocenters. The Kier molecular flexibility index (Phi) is 7.62. The molecule has 1 N–H and O–H groups in total. The van der Waals surface area contributed by atoms with Crippen molar-refractivity contribution in [3.63, 3.8) is 0 Å². The molecule has 1 amide bonds. The van der Waals surface area contributed by atoms with Gasteiger partial charge in [0, 0.05) is 6.54 Å². The van der Waals surface area contributed by atoms with E-state index in [0.717, 1.165) is 12.0 Å². The molecule has 1 aromatic rings. The number of carbonyl (C=O) groups is 2. The Balaban J connectivity index is 1.87. The van der Waals surface area contributed by atoms with Crippen LogP contribution in [-0.2, 0) is 20.7 Å². The topological polar surface area (TPSA) is 55.4 Å². The first-order valence-electron chi connectivity index (χ1n) is 8.95. The highest BCUT2D eigenvalue weighted by Gasteiger charge is 2.44. The highest BCUT2D eigenvalue weighted by atomic mass is 19.3. The van der Waals surface area contributed by atoms with Crippen molar-refractivity contribution in [3.05, 3.63) is 35.9 Å². The monoisotopic (exact) mass is 389 g/mol. The van der Waals surface area contributed by atoms with E-state index in [0.29, 0.717) is 32.2 Å². The van der Waals surface area contributed by atoms with Gasteiger partial charge in [-0.25, -0.2) is 8.78 Å². The summed E-state index contributed by atoms with van der Waals surface area (Å²) in [5.41, 5.74) is 1.05. The maximum absolute atomic E-state index is 13.0. The number of esters is 1. The molecule has 0 spiro atoms. The van der Waals surface area contributed by atoms with Gasteiger partial charge in [0.2, 0.25) is 5.91 Å². The molecule has 27 heavy (non-hydrogen) atoms. The van der Waals surface area contributed by atoms with Crippen molar-refractivity contribution in [3.8, 4) is 0 Å². The van der Waals surface area contributed by atoms with Crippen molar-refractivity contribution in [2.24, 2.45) is 11.8 Å². The molecule has 0 aromatic heterocycles. The first-order valence-corrected chi connectivity index (χ1v) is 8.95. The van der Waals surface area contributed by atoms with Gasteiger partial charge < -0.3 is 10.1 Å². The van der Waals surface area contributed by atoms with Gasteiger partial charge in [0.05, 0.1) is 11.8 Å². The van der Waals surface area contributed by atoms with E-state index in [1.807, 2.05) is 30.3 Å². The molecule has 0 aliphatic heterocycles. The molecular formula is C19H23F4NO3. The van der Waals surface area contributed by atoms with Crippen molar-refractivity contribution in [2.75, 3.05) is 13.2 Å². The zero-order chi connectivity index (χ0) is 19.9. The molecule has 0 heterocycles. The molecule has 1 fully saturated rings. The molecule has 1 aliphatic carbocycles. The number of nitrogens with one attached hydrogen (secondary N) is 1. The Morgan fingerprint density at radius 1 is 1.11 bits per heavy atom. The zero-order valence-electron chi connectivity index (χ0n) is 14.8. The van der Waals surface area contributed by atoms with E-state index >= 15 is 0 Å². The number of alkyl halides is 4. The van der Waals surface area contributed by atoms with Crippen LogP contribution in [0, 0.1) is 11.8 Å². The predicted octanol–water partition coefficient (Wildman–Crippen LogP) is 3.60. The molecule has 1 aliphatic rings. The zero-order valence-corrected chi connectivity index (χ0v) is 14.8. The van der Waals surface area contributed by atoms with Gasteiger partial charge in [-0.3, -0.25) is 9.59 Å². The number of hydrogen-bond acceptors (Lipinski definition) is 3. The Morgan fingerprint density at radius 2 is 1.74 bits per heavy atom. The third-order valence-corrected chi connectivity index (χ3v) is 4.69. The standard InChI is InChI=1S/C19H23F4NO3/c20-18(21)19(22,23)12-27-17(26)15-9-5-4-8-14(15)16(25)24-11-10-13-6-2-1-3-7-13/h1-3,6-7,14-15,18H,4-5,8-12H2,(H,24,25)/t14-,15+/m1/s1. The Hall–Kier alpha value is -2.12. The number of carbonyl (C=O) groups excluding carboxylic acids is 2. The van der Waals surface area contributed by atoms with Gasteiger partial charge in [-0.05, 0) is 24.8 Å². The number of rotatable bonds is 8. The molecule has 2 atom stereocenters. The maximum atomic E-state index is 13.0. The van der Waals surface area contributed by atoms with Gasteiger partial charge >= 0.3 is 18.3 Å². The van der Waals surface area contributed by atoms with Gasteiger partial charge in [0.15, 0.2) is 6.61 Å². The van der Waals surface area contributed by atoms with Gasteiger partial charge in [-0.2, -0.15) is 8.78 Å². The molecule has 8 heteroatoms. The molecule has 1 aromatic carbocycles. The fraction of sp³-hybridized carbons (Fsp3) is 0.579. The molecule has 2 rings (SSSR count). The van der Waals surface area contributed by atoms with Crippen LogP contribution in [0.4, 0.5) is 17.6 Å². The van der Waals surface area contributed by atoms with E-state index in [2.05, 4.69) is 10.1 Å². The Bertz CT molecular complexity index is 625. The summed E-state index contributed by atoms with van der Waals surface area (Å²) in [7, 11) is 0. The van der Waals surface area contributed by atoms with Crippen LogP contribution in [0.25, 0.3) is 0 Å². The van der Waals surface area contributed by atoms with E-state index < -0.39 is 36.8 Å². The van der Waals surface area contributed by atoms with E-state index in [9.17, 15) is 27.2 Å². The second kappa shape index (κ2) is 9.71. The first-order chi connectivity index (χ1) is 12.8. The first kappa shape index (κ1) is 21.2. The number of hydrogen-bond donors (Lipinski definition) is 1. The quantitative estimate of drug-likeness (QED) is 0.546. The molecule has 4 nitrogen and oxygen atoms in total. The van der Waals surface area contributed by atoms with Crippen molar-refractivity contribution in [1.82, 2.24) is 5.32 Å². The van der Waals surface area contributed by atoms with Gasteiger partial charge in [0.1, 0.15) is 0 Å². The molecule has 0 bridgehead atoms. The third kappa shape index (κ3) is 6.22. The molecule has 1 saturated carbocycles. The maximum Gasteiger partial charge on any atom is 0.340 e. The van der Waals surface area contributed by atoms with E-state index in [4.69, 9.17) is 0 Å². The lowest BCUT2D eigenvalue weighted by atomic mass is 9.78. The smallest absolute Gasteiger partial charge is 0.340 e. The fourth-order valence-electron chi connectivity index (χ4n) is 3.17. The number of halogens is 4. The number of benzene rings is 1. The lowest BCUT2D eigenvalue weighted by Gasteiger charge is -2.29. The fourth-order valence-corrected chi connectivity index (χ4v) is 3.17. The minimum atomic E-state index is -4.39. The van der Waals surface area contributed by atoms with Crippen molar-refractivity contribution >= 4 is 11.9 Å². The second-order valence-corrected chi connectivity index (χ2v) is 6.69. The van der Waals surface area contributed by atoms with Crippen LogP contribution in [0.5, 0.6) is 0 Å². The lowest BCUT2D eigenvalue weighted by Crippen LogP contribution is -2.42. The van der Waals surface area contributed by atoms with E-state index in [1.54, 1.807) is 0 Å². The van der Waals surface area contributed by atoms with E-state index in [-0.39, 0.29) is 5.91 Å². The minimum Gasteiger partial charge on any atom is -0.459 e. The molecule has 0 radical (unpaired) electrons. The van der Waals surface area contributed by atoms with Crippen LogP contribution in [0.3, 0.4) is 0 Å². The number of ether oxygens (including phenoxy) is 1. The van der Waals surface area contributed by atoms with Crippen molar-refractivity contribution in [2.45, 2.75) is 44.5 Å². The van der Waals surface area contributed by atoms with Crippen LogP contribution in [0.15, 0.2) is 30.3 Å². The van der Waals surface area contributed by atoms with Crippen molar-refractivity contribution in [1.29, 1.82) is 0 Å². The molecule has 0 saturated heterocycles. The molecular weight excluding hydrogens is 366 g/mol. The van der Waals surface area contributed by atoms with Crippen LogP contribution in [0.2, 0.25) is 0 Å². The summed E-state index contributed by atoms with van der Waals surface area (Å²) in [4.78, 5) is 24.5. The van der Waals surface area contributed by atoms with Gasteiger partial charge in [-0.15, -0.1) is 0 Å². The summed E-state index contributed by atoms with van der Waals surface area (Å²) in [6.07, 6.45) is -1.16. The summed E-state index contributed by atoms with van der Waals surface area (Å²) in [6, 6.07) is 9.52. The van der Waals surface area contributed by atoms with Crippen LogP contribution in [0.1, 0.15) is 31.2 Å². The lowest BCUT2D eigenvalue weighted by molar-refractivity contribution is -0.185. The average Bonchev–Trinajstić information content (AvgIpc) is 2.66. The summed E-state index contributed by atoms with van der Waals surface area (Å²) in [5.74, 6) is -7.32. The summed E-state index contributed by atoms with van der Waals surface area (Å²) < 4.78 is 54.7. The molecule has 150 valence electrons. The average molecular weight is 389 g/mol. The SMILES string of the molecule is O=C(OCC(F)(F)C(F)F)[C@H]1CCCC[C@H]1C(=O)NCCc1ccccc1. The van der Waals surface area contributed by atoms with Crippen molar-refractivity contribution < 1.29 is 31.9 Å². The van der Waals surface area contributed by atoms with Crippen LogP contribution < -0.4 is 5.32 Å². The minimum absolute atomic E-state index is 0.315. The number of amides is 1. The highest BCUT2D eigenvalue weighted by Crippen LogP contribution is 2.32. The summed E-state index contributed by atoms with van der Waals surface area (Å²) in [5, 5.41) is 2.76. The Morgan fingerprint density at radius 3 is 2.37 bits per heavy atom. The Labute approximate surface area is 155 Å². The predicted molar refractivity (Wildman–Crippen MR) is 90.5 cm³/mol. The highest BCUT2D eigenvalue weighted by molar-refractivity contribution is 5.85. The summed E-state index contributed by atoms with van der Waals surface area (Å²) in [6.45, 7) is -1.30. The summed E-state index contributed by atoms with van der Waals surface area (Å²) >= 11 is 0. The largest absolute Gasteiger partial charge is 0.459 e. The van der Waals surface area contributed by atoms with Crippen LogP contribution in [-0.4, -0.2) is 37.4 Å².